The normalized spacial score (nSPS) is 17.0. The molecule has 118 valence electrons. The Morgan fingerprint density at radius 3 is 2.50 bits per heavy atom. The molecule has 0 heterocycles. The Morgan fingerprint density at radius 2 is 1.82 bits per heavy atom. The maximum Gasteiger partial charge on any atom is 0.148 e. The minimum absolute atomic E-state index is 0.0569. The number of rotatable bonds is 6. The molecule has 1 atom stereocenters. The van der Waals surface area contributed by atoms with Crippen molar-refractivity contribution in [2.75, 3.05) is 12.0 Å². The first-order valence-electron chi connectivity index (χ1n) is 7.84. The smallest absolute Gasteiger partial charge is 0.148 e. The Labute approximate surface area is 132 Å². The third-order valence-corrected chi connectivity index (χ3v) is 5.45. The van der Waals surface area contributed by atoms with Crippen LogP contribution in [0.2, 0.25) is 0 Å². The van der Waals surface area contributed by atoms with Crippen molar-refractivity contribution in [1.29, 1.82) is 0 Å². The summed E-state index contributed by atoms with van der Waals surface area (Å²) in [5.74, 6) is 0.230. The van der Waals surface area contributed by atoms with Crippen LogP contribution in [0.15, 0.2) is 42.5 Å². The van der Waals surface area contributed by atoms with E-state index in [1.807, 2.05) is 6.92 Å². The summed E-state index contributed by atoms with van der Waals surface area (Å²) in [6.45, 7) is 2.85. The van der Waals surface area contributed by atoms with Gasteiger partial charge in [0.2, 0.25) is 0 Å². The molecule has 1 fully saturated rings. The van der Waals surface area contributed by atoms with Crippen LogP contribution in [-0.2, 0) is 16.4 Å². The lowest BCUT2D eigenvalue weighted by atomic mass is 10.0. The Kier molecular flexibility index (Phi) is 4.24. The molecule has 0 amide bonds. The molecule has 3 rings (SSSR count). The summed E-state index contributed by atoms with van der Waals surface area (Å²) in [6, 6.07) is 15.4. The summed E-state index contributed by atoms with van der Waals surface area (Å²) in [4.78, 5) is 2.36. The average molecular weight is 317 g/mol. The molecule has 0 aliphatic heterocycles. The summed E-state index contributed by atoms with van der Waals surface area (Å²) < 4.78 is 23.3. The van der Waals surface area contributed by atoms with Crippen molar-refractivity contribution in [1.82, 2.24) is 4.90 Å². The fourth-order valence-electron chi connectivity index (χ4n) is 3.21. The molecule has 0 radical (unpaired) electrons. The van der Waals surface area contributed by atoms with Gasteiger partial charge in [-0.15, -0.1) is 0 Å². The monoisotopic (exact) mass is 317 g/mol. The topological polar surface area (TPSA) is 37.4 Å². The molecule has 22 heavy (non-hydrogen) atoms. The van der Waals surface area contributed by atoms with Crippen molar-refractivity contribution in [3.63, 3.8) is 0 Å². The fourth-order valence-corrected chi connectivity index (χ4v) is 4.28. The predicted molar refractivity (Wildman–Crippen MR) is 91.7 cm³/mol. The molecule has 1 saturated carbocycles. The van der Waals surface area contributed by atoms with E-state index in [1.54, 1.807) is 0 Å². The number of hydrogen-bond donors (Lipinski definition) is 0. The van der Waals surface area contributed by atoms with Crippen molar-refractivity contribution in [3.8, 4) is 0 Å². The van der Waals surface area contributed by atoms with Crippen molar-refractivity contribution < 1.29 is 8.42 Å². The fraction of sp³-hybridized carbons (Fsp3) is 0.444. The number of fused-ring (bicyclic) bond motifs is 1. The highest BCUT2D eigenvalue weighted by Crippen LogP contribution is 2.32. The van der Waals surface area contributed by atoms with E-state index in [1.165, 1.54) is 35.4 Å². The molecule has 2 aromatic rings. The molecule has 1 aliphatic rings. The molecule has 3 nitrogen and oxygen atoms in total. The van der Waals surface area contributed by atoms with Crippen LogP contribution in [0, 0.1) is 0 Å². The van der Waals surface area contributed by atoms with E-state index in [4.69, 9.17) is 0 Å². The van der Waals surface area contributed by atoms with Crippen LogP contribution in [0.5, 0.6) is 0 Å². The average Bonchev–Trinajstić information content (AvgIpc) is 3.27. The lowest BCUT2D eigenvalue weighted by Gasteiger charge is -2.29. The molecule has 0 aromatic heterocycles. The first kappa shape index (κ1) is 15.5. The van der Waals surface area contributed by atoms with Crippen molar-refractivity contribution in [2.45, 2.75) is 38.4 Å². The van der Waals surface area contributed by atoms with Gasteiger partial charge in [-0.25, -0.2) is 8.42 Å². The summed E-state index contributed by atoms with van der Waals surface area (Å²) in [6.07, 6.45) is 3.68. The number of hydrogen-bond acceptors (Lipinski definition) is 3. The summed E-state index contributed by atoms with van der Waals surface area (Å²) in [5.41, 5.74) is 1.28. The van der Waals surface area contributed by atoms with Crippen molar-refractivity contribution >= 4 is 20.6 Å². The van der Waals surface area contributed by atoms with Gasteiger partial charge in [-0.2, -0.15) is 0 Å². The molecular weight excluding hydrogens is 294 g/mol. The van der Waals surface area contributed by atoms with Gasteiger partial charge in [0.15, 0.2) is 0 Å². The highest BCUT2D eigenvalue weighted by Gasteiger charge is 2.33. The maximum atomic E-state index is 11.6. The van der Waals surface area contributed by atoms with E-state index in [2.05, 4.69) is 47.4 Å². The Balaban J connectivity index is 1.87. The molecule has 2 aromatic carbocycles. The standard InChI is InChI=1S/C18H23NO2S/c1-14(13-22(2,20)21)19(17-10-11-17)12-16-8-5-7-15-6-3-4-9-18(15)16/h3-9,14,17H,10-13H2,1-2H3. The summed E-state index contributed by atoms with van der Waals surface area (Å²) >= 11 is 0. The van der Waals surface area contributed by atoms with Crippen LogP contribution in [0.4, 0.5) is 0 Å². The van der Waals surface area contributed by atoms with Crippen LogP contribution in [0.3, 0.4) is 0 Å². The van der Waals surface area contributed by atoms with Gasteiger partial charge in [-0.3, -0.25) is 4.90 Å². The van der Waals surface area contributed by atoms with Gasteiger partial charge in [0.05, 0.1) is 5.75 Å². The Bertz CT molecular complexity index is 760. The molecule has 0 saturated heterocycles. The second kappa shape index (κ2) is 6.01. The minimum Gasteiger partial charge on any atom is -0.292 e. The van der Waals surface area contributed by atoms with Gasteiger partial charge in [0.25, 0.3) is 0 Å². The van der Waals surface area contributed by atoms with Gasteiger partial charge in [-0.1, -0.05) is 42.5 Å². The molecular formula is C18H23NO2S. The third-order valence-electron chi connectivity index (χ3n) is 4.36. The Hall–Kier alpha value is -1.39. The zero-order chi connectivity index (χ0) is 15.7. The number of benzene rings is 2. The van der Waals surface area contributed by atoms with Gasteiger partial charge in [-0.05, 0) is 36.1 Å². The number of sulfone groups is 1. The summed E-state index contributed by atoms with van der Waals surface area (Å²) in [7, 11) is -2.95. The predicted octanol–water partition coefficient (Wildman–Crippen LogP) is 3.24. The maximum absolute atomic E-state index is 11.6. The second-order valence-electron chi connectivity index (χ2n) is 6.48. The van der Waals surface area contributed by atoms with Crippen LogP contribution in [0.25, 0.3) is 10.8 Å². The van der Waals surface area contributed by atoms with Crippen molar-refractivity contribution in [2.24, 2.45) is 0 Å². The van der Waals surface area contributed by atoms with Crippen LogP contribution in [0.1, 0.15) is 25.3 Å². The minimum atomic E-state index is -2.95. The highest BCUT2D eigenvalue weighted by molar-refractivity contribution is 7.90. The molecule has 0 N–H and O–H groups in total. The van der Waals surface area contributed by atoms with Gasteiger partial charge >= 0.3 is 0 Å². The number of nitrogens with zero attached hydrogens (tertiary/aromatic N) is 1. The van der Waals surface area contributed by atoms with Crippen molar-refractivity contribution in [3.05, 3.63) is 48.0 Å². The Morgan fingerprint density at radius 1 is 1.14 bits per heavy atom. The summed E-state index contributed by atoms with van der Waals surface area (Å²) in [5, 5.41) is 2.51. The quantitative estimate of drug-likeness (QED) is 0.821. The first-order valence-corrected chi connectivity index (χ1v) is 9.90. The molecule has 0 spiro atoms. The van der Waals surface area contributed by atoms with Crippen LogP contribution >= 0.6 is 0 Å². The highest BCUT2D eigenvalue weighted by atomic mass is 32.2. The lowest BCUT2D eigenvalue weighted by molar-refractivity contribution is 0.204. The van der Waals surface area contributed by atoms with E-state index < -0.39 is 9.84 Å². The van der Waals surface area contributed by atoms with E-state index >= 15 is 0 Å². The zero-order valence-electron chi connectivity index (χ0n) is 13.2. The molecule has 0 bridgehead atoms. The van der Waals surface area contributed by atoms with E-state index in [0.29, 0.717) is 6.04 Å². The SMILES string of the molecule is CC(CS(C)(=O)=O)N(Cc1cccc2ccccc12)C1CC1. The molecule has 4 heteroatoms. The zero-order valence-corrected chi connectivity index (χ0v) is 14.0. The second-order valence-corrected chi connectivity index (χ2v) is 8.67. The molecule has 1 unspecified atom stereocenters. The van der Waals surface area contributed by atoms with Crippen LogP contribution < -0.4 is 0 Å². The van der Waals surface area contributed by atoms with Crippen LogP contribution in [-0.4, -0.2) is 37.4 Å². The van der Waals surface area contributed by atoms with E-state index in [-0.39, 0.29) is 11.8 Å². The largest absolute Gasteiger partial charge is 0.292 e. The van der Waals surface area contributed by atoms with E-state index in [9.17, 15) is 8.42 Å². The molecule has 1 aliphatic carbocycles. The third kappa shape index (κ3) is 3.68. The van der Waals surface area contributed by atoms with Gasteiger partial charge in [0, 0.05) is 24.9 Å². The van der Waals surface area contributed by atoms with Gasteiger partial charge in [0.1, 0.15) is 9.84 Å². The van der Waals surface area contributed by atoms with E-state index in [0.717, 1.165) is 6.54 Å². The van der Waals surface area contributed by atoms with Gasteiger partial charge < -0.3 is 0 Å². The first-order chi connectivity index (χ1) is 10.4. The lowest BCUT2D eigenvalue weighted by Crippen LogP contribution is -2.39.